The molecule has 1 N–H and O–H groups in total. The van der Waals surface area contributed by atoms with Gasteiger partial charge in [-0.1, -0.05) is 29.8 Å². The summed E-state index contributed by atoms with van der Waals surface area (Å²) in [6, 6.07) is 6.01. The number of rotatable bonds is 5. The molecule has 0 spiro atoms. The van der Waals surface area contributed by atoms with Gasteiger partial charge in [-0.3, -0.25) is 4.68 Å². The second-order valence-electron chi connectivity index (χ2n) is 4.34. The van der Waals surface area contributed by atoms with Crippen LogP contribution in [0.15, 0.2) is 28.9 Å². The molecule has 0 saturated heterocycles. The van der Waals surface area contributed by atoms with Crippen LogP contribution in [0.1, 0.15) is 30.6 Å². The maximum Gasteiger partial charge on any atom is 0.0798 e. The Hall–Kier alpha value is -0.910. The molecule has 0 bridgehead atoms. The van der Waals surface area contributed by atoms with Gasteiger partial charge in [0, 0.05) is 11.5 Å². The molecule has 0 aliphatic rings. The lowest BCUT2D eigenvalue weighted by Gasteiger charge is -2.19. The maximum absolute atomic E-state index is 6.05. The predicted octanol–water partition coefficient (Wildman–Crippen LogP) is 3.32. The minimum absolute atomic E-state index is 0.0634. The summed E-state index contributed by atoms with van der Waals surface area (Å²) in [4.78, 5) is 0. The van der Waals surface area contributed by atoms with Crippen LogP contribution in [-0.2, 0) is 7.05 Å². The number of benzene rings is 1. The highest BCUT2D eigenvalue weighted by Crippen LogP contribution is 2.28. The van der Waals surface area contributed by atoms with E-state index >= 15 is 0 Å². The van der Waals surface area contributed by atoms with Crippen molar-refractivity contribution >= 4 is 27.5 Å². The monoisotopic (exact) mass is 342 g/mol. The fourth-order valence-corrected chi connectivity index (χ4v) is 2.45. The molecule has 19 heavy (non-hydrogen) atoms. The van der Waals surface area contributed by atoms with Crippen molar-refractivity contribution in [3.63, 3.8) is 0 Å². The van der Waals surface area contributed by atoms with Crippen molar-refractivity contribution in [1.82, 2.24) is 20.3 Å². The molecule has 0 aliphatic heterocycles. The predicted molar refractivity (Wildman–Crippen MR) is 80.3 cm³/mol. The first kappa shape index (κ1) is 14.5. The quantitative estimate of drug-likeness (QED) is 0.905. The van der Waals surface area contributed by atoms with Crippen LogP contribution in [-0.4, -0.2) is 21.5 Å². The standard InChI is InChI=1S/C13H16BrClN4/c1-3-6-16-13(12-8-17-18-19(12)2)9-4-5-11(15)10(14)7-9/h4-5,7-8,13,16H,3,6H2,1-2H3. The molecular formula is C13H16BrClN4. The Morgan fingerprint density at radius 1 is 1.47 bits per heavy atom. The van der Waals surface area contributed by atoms with E-state index in [1.165, 1.54) is 0 Å². The summed E-state index contributed by atoms with van der Waals surface area (Å²) in [5.41, 5.74) is 2.16. The Kier molecular flexibility index (Phi) is 4.96. The molecule has 0 radical (unpaired) electrons. The molecule has 1 atom stereocenters. The van der Waals surface area contributed by atoms with Crippen molar-refractivity contribution in [2.75, 3.05) is 6.54 Å². The third-order valence-corrected chi connectivity index (χ3v) is 4.13. The molecule has 0 saturated carbocycles. The van der Waals surface area contributed by atoms with E-state index in [0.29, 0.717) is 5.02 Å². The summed E-state index contributed by atoms with van der Waals surface area (Å²) < 4.78 is 2.68. The number of halogens is 2. The van der Waals surface area contributed by atoms with E-state index in [4.69, 9.17) is 11.6 Å². The molecular weight excluding hydrogens is 328 g/mol. The topological polar surface area (TPSA) is 42.7 Å². The number of hydrogen-bond acceptors (Lipinski definition) is 3. The molecule has 1 aromatic carbocycles. The van der Waals surface area contributed by atoms with E-state index in [1.54, 1.807) is 10.9 Å². The molecule has 1 unspecified atom stereocenters. The summed E-state index contributed by atoms with van der Waals surface area (Å²) in [6.07, 6.45) is 2.85. The van der Waals surface area contributed by atoms with Gasteiger partial charge in [-0.05, 0) is 46.6 Å². The van der Waals surface area contributed by atoms with Crippen LogP contribution in [0.2, 0.25) is 5.02 Å². The van der Waals surface area contributed by atoms with Gasteiger partial charge in [-0.2, -0.15) is 0 Å². The van der Waals surface area contributed by atoms with E-state index in [1.807, 2.05) is 25.2 Å². The Morgan fingerprint density at radius 3 is 2.84 bits per heavy atom. The molecule has 2 rings (SSSR count). The van der Waals surface area contributed by atoms with Crippen LogP contribution < -0.4 is 5.32 Å². The Bertz CT molecular complexity index is 555. The summed E-state index contributed by atoms with van der Waals surface area (Å²) in [6.45, 7) is 3.07. The highest BCUT2D eigenvalue weighted by molar-refractivity contribution is 9.10. The normalized spacial score (nSPS) is 12.6. The first-order valence-electron chi connectivity index (χ1n) is 6.16. The van der Waals surface area contributed by atoms with Crippen molar-refractivity contribution in [1.29, 1.82) is 0 Å². The number of nitrogens with one attached hydrogen (secondary N) is 1. The van der Waals surface area contributed by atoms with Gasteiger partial charge in [0.15, 0.2) is 0 Å². The van der Waals surface area contributed by atoms with Crippen LogP contribution in [0.4, 0.5) is 0 Å². The van der Waals surface area contributed by atoms with Gasteiger partial charge >= 0.3 is 0 Å². The third-order valence-electron chi connectivity index (χ3n) is 2.92. The van der Waals surface area contributed by atoms with E-state index in [0.717, 1.165) is 28.7 Å². The van der Waals surface area contributed by atoms with Gasteiger partial charge in [0.1, 0.15) is 0 Å². The van der Waals surface area contributed by atoms with Crippen LogP contribution in [0.5, 0.6) is 0 Å². The van der Waals surface area contributed by atoms with E-state index < -0.39 is 0 Å². The lowest BCUT2D eigenvalue weighted by atomic mass is 10.0. The lowest BCUT2D eigenvalue weighted by molar-refractivity contribution is 0.550. The van der Waals surface area contributed by atoms with Crippen LogP contribution in [0, 0.1) is 0 Å². The zero-order valence-electron chi connectivity index (χ0n) is 10.9. The summed E-state index contributed by atoms with van der Waals surface area (Å²) >= 11 is 9.52. The van der Waals surface area contributed by atoms with E-state index in [9.17, 15) is 0 Å². The largest absolute Gasteiger partial charge is 0.305 e. The van der Waals surface area contributed by atoms with Crippen molar-refractivity contribution in [2.24, 2.45) is 7.05 Å². The molecule has 0 fully saturated rings. The summed E-state index contributed by atoms with van der Waals surface area (Å²) in [7, 11) is 1.90. The highest BCUT2D eigenvalue weighted by atomic mass is 79.9. The Morgan fingerprint density at radius 2 is 2.26 bits per heavy atom. The van der Waals surface area contributed by atoms with Gasteiger partial charge in [-0.25, -0.2) is 0 Å². The molecule has 1 aromatic heterocycles. The van der Waals surface area contributed by atoms with Crippen LogP contribution >= 0.6 is 27.5 Å². The van der Waals surface area contributed by atoms with Gasteiger partial charge in [0.05, 0.1) is 23.0 Å². The molecule has 6 heteroatoms. The van der Waals surface area contributed by atoms with Gasteiger partial charge in [0.2, 0.25) is 0 Å². The second-order valence-corrected chi connectivity index (χ2v) is 5.60. The summed E-state index contributed by atoms with van der Waals surface area (Å²) in [5, 5.41) is 12.2. The van der Waals surface area contributed by atoms with Crippen LogP contribution in [0.3, 0.4) is 0 Å². The molecule has 0 aliphatic carbocycles. The van der Waals surface area contributed by atoms with E-state index in [-0.39, 0.29) is 6.04 Å². The first-order chi connectivity index (χ1) is 9.13. The average Bonchev–Trinajstić information content (AvgIpc) is 2.80. The lowest BCUT2D eigenvalue weighted by Crippen LogP contribution is -2.25. The fourth-order valence-electron chi connectivity index (χ4n) is 1.93. The molecule has 4 nitrogen and oxygen atoms in total. The fraction of sp³-hybridized carbons (Fsp3) is 0.385. The van der Waals surface area contributed by atoms with E-state index in [2.05, 4.69) is 38.5 Å². The average molecular weight is 344 g/mol. The van der Waals surface area contributed by atoms with Crippen LogP contribution in [0.25, 0.3) is 0 Å². The van der Waals surface area contributed by atoms with Crippen molar-refractivity contribution in [2.45, 2.75) is 19.4 Å². The Balaban J connectivity index is 2.37. The molecule has 1 heterocycles. The van der Waals surface area contributed by atoms with Crippen molar-refractivity contribution < 1.29 is 0 Å². The summed E-state index contributed by atoms with van der Waals surface area (Å²) in [5.74, 6) is 0. The second kappa shape index (κ2) is 6.50. The third kappa shape index (κ3) is 3.35. The minimum Gasteiger partial charge on any atom is -0.305 e. The SMILES string of the molecule is CCCNC(c1ccc(Cl)c(Br)c1)c1cnnn1C. The Labute approximate surface area is 126 Å². The zero-order valence-corrected chi connectivity index (χ0v) is 13.2. The van der Waals surface area contributed by atoms with Crippen molar-refractivity contribution in [3.05, 3.63) is 45.1 Å². The maximum atomic E-state index is 6.05. The minimum atomic E-state index is 0.0634. The van der Waals surface area contributed by atoms with Gasteiger partial charge < -0.3 is 5.32 Å². The van der Waals surface area contributed by atoms with Gasteiger partial charge in [0.25, 0.3) is 0 Å². The smallest absolute Gasteiger partial charge is 0.0798 e. The zero-order chi connectivity index (χ0) is 13.8. The number of nitrogens with zero attached hydrogens (tertiary/aromatic N) is 3. The van der Waals surface area contributed by atoms with Gasteiger partial charge in [-0.15, -0.1) is 5.10 Å². The number of hydrogen-bond donors (Lipinski definition) is 1. The molecule has 2 aromatic rings. The molecule has 0 amide bonds. The number of aromatic nitrogens is 3. The van der Waals surface area contributed by atoms with Crippen molar-refractivity contribution in [3.8, 4) is 0 Å². The number of aryl methyl sites for hydroxylation is 1. The highest BCUT2D eigenvalue weighted by Gasteiger charge is 2.18. The molecule has 102 valence electrons. The first-order valence-corrected chi connectivity index (χ1v) is 7.33.